The Morgan fingerprint density at radius 1 is 1.17 bits per heavy atom. The van der Waals surface area contributed by atoms with E-state index in [1.54, 1.807) is 0 Å². The minimum atomic E-state index is 0.510. The van der Waals surface area contributed by atoms with E-state index in [9.17, 15) is 0 Å². The zero-order chi connectivity index (χ0) is 16.5. The highest BCUT2D eigenvalue weighted by Crippen LogP contribution is 2.28. The molecule has 1 aliphatic heterocycles. The fourth-order valence-corrected chi connectivity index (χ4v) is 3.80. The molecule has 1 aromatic heterocycles. The number of hydrogen-bond donors (Lipinski definition) is 1. The first kappa shape index (κ1) is 15.4. The van der Waals surface area contributed by atoms with Gasteiger partial charge in [0.15, 0.2) is 0 Å². The van der Waals surface area contributed by atoms with E-state index in [0.717, 1.165) is 29.9 Å². The third-order valence-corrected chi connectivity index (χ3v) is 5.20. The molecular formula is C21H25N3. The Kier molecular flexibility index (Phi) is 4.11. The number of benzene rings is 2. The second-order valence-electron chi connectivity index (χ2n) is 7.14. The van der Waals surface area contributed by atoms with Gasteiger partial charge in [0.05, 0.1) is 11.0 Å². The van der Waals surface area contributed by atoms with Crippen LogP contribution >= 0.6 is 0 Å². The first-order valence-corrected chi connectivity index (χ1v) is 8.92. The summed E-state index contributed by atoms with van der Waals surface area (Å²) in [7, 11) is 0. The molecule has 0 spiro atoms. The third-order valence-electron chi connectivity index (χ3n) is 5.20. The molecule has 0 bridgehead atoms. The summed E-state index contributed by atoms with van der Waals surface area (Å²) in [6, 6.07) is 15.1. The molecule has 1 unspecified atom stereocenters. The number of rotatable bonds is 3. The Hall–Kier alpha value is -2.13. The molecule has 0 aliphatic carbocycles. The van der Waals surface area contributed by atoms with Crippen LogP contribution in [0.1, 0.15) is 41.3 Å². The van der Waals surface area contributed by atoms with Crippen LogP contribution < -0.4 is 0 Å². The van der Waals surface area contributed by atoms with E-state index in [1.165, 1.54) is 36.1 Å². The van der Waals surface area contributed by atoms with Crippen LogP contribution in [0.3, 0.4) is 0 Å². The second-order valence-corrected chi connectivity index (χ2v) is 7.14. The van der Waals surface area contributed by atoms with Crippen molar-refractivity contribution in [2.24, 2.45) is 0 Å². The summed E-state index contributed by atoms with van der Waals surface area (Å²) < 4.78 is 0. The van der Waals surface area contributed by atoms with Gasteiger partial charge in [0.25, 0.3) is 0 Å². The summed E-state index contributed by atoms with van der Waals surface area (Å²) in [5.41, 5.74) is 6.44. The fraction of sp³-hybridized carbons (Fsp3) is 0.381. The SMILES string of the molecule is Cc1ccc(C)c(CN2CCCC(c3nc4ccccc4[nH]3)C2)c1. The molecule has 24 heavy (non-hydrogen) atoms. The zero-order valence-corrected chi connectivity index (χ0v) is 14.5. The number of piperidine rings is 1. The molecule has 3 nitrogen and oxygen atoms in total. The van der Waals surface area contributed by atoms with Crippen molar-refractivity contribution in [2.75, 3.05) is 13.1 Å². The van der Waals surface area contributed by atoms with Crippen molar-refractivity contribution >= 4 is 11.0 Å². The Morgan fingerprint density at radius 3 is 2.92 bits per heavy atom. The number of fused-ring (bicyclic) bond motifs is 1. The molecule has 0 amide bonds. The van der Waals surface area contributed by atoms with Crippen LogP contribution in [0.4, 0.5) is 0 Å². The van der Waals surface area contributed by atoms with Gasteiger partial charge in [-0.15, -0.1) is 0 Å². The van der Waals surface area contributed by atoms with Gasteiger partial charge in [-0.1, -0.05) is 35.9 Å². The maximum Gasteiger partial charge on any atom is 0.111 e. The number of para-hydroxylation sites is 2. The summed E-state index contributed by atoms with van der Waals surface area (Å²) in [6.45, 7) is 7.72. The van der Waals surface area contributed by atoms with Crippen LogP contribution in [0, 0.1) is 13.8 Å². The maximum atomic E-state index is 4.83. The smallest absolute Gasteiger partial charge is 0.111 e. The number of aryl methyl sites for hydroxylation is 2. The minimum absolute atomic E-state index is 0.510. The first-order chi connectivity index (χ1) is 11.7. The molecule has 2 aromatic carbocycles. The van der Waals surface area contributed by atoms with E-state index in [4.69, 9.17) is 4.98 Å². The van der Waals surface area contributed by atoms with Crippen molar-refractivity contribution < 1.29 is 0 Å². The number of aromatic nitrogens is 2. The quantitative estimate of drug-likeness (QED) is 0.767. The van der Waals surface area contributed by atoms with Crippen molar-refractivity contribution in [1.29, 1.82) is 0 Å². The summed E-state index contributed by atoms with van der Waals surface area (Å²) in [5, 5.41) is 0. The molecular weight excluding hydrogens is 294 g/mol. The van der Waals surface area contributed by atoms with Gasteiger partial charge in [0.1, 0.15) is 5.82 Å². The first-order valence-electron chi connectivity index (χ1n) is 8.92. The summed E-state index contributed by atoms with van der Waals surface area (Å²) in [6.07, 6.45) is 2.47. The van der Waals surface area contributed by atoms with Crippen LogP contribution in [0.25, 0.3) is 11.0 Å². The number of nitrogens with one attached hydrogen (secondary N) is 1. The molecule has 1 N–H and O–H groups in total. The lowest BCUT2D eigenvalue weighted by atomic mass is 9.96. The molecule has 0 saturated carbocycles. The Bertz CT molecular complexity index is 816. The van der Waals surface area contributed by atoms with Gasteiger partial charge in [0.2, 0.25) is 0 Å². The lowest BCUT2D eigenvalue weighted by Crippen LogP contribution is -2.34. The highest BCUT2D eigenvalue weighted by atomic mass is 15.1. The van der Waals surface area contributed by atoms with Gasteiger partial charge in [-0.2, -0.15) is 0 Å². The van der Waals surface area contributed by atoms with E-state index in [2.05, 4.69) is 66.2 Å². The molecule has 3 heteroatoms. The molecule has 3 aromatic rings. The summed E-state index contributed by atoms with van der Waals surface area (Å²) in [4.78, 5) is 10.9. The Morgan fingerprint density at radius 2 is 2.04 bits per heavy atom. The van der Waals surface area contributed by atoms with Crippen molar-refractivity contribution in [3.63, 3.8) is 0 Å². The third kappa shape index (κ3) is 3.09. The van der Waals surface area contributed by atoms with Gasteiger partial charge in [-0.3, -0.25) is 4.90 Å². The van der Waals surface area contributed by atoms with E-state index in [-0.39, 0.29) is 0 Å². The lowest BCUT2D eigenvalue weighted by molar-refractivity contribution is 0.197. The maximum absolute atomic E-state index is 4.83. The number of H-pyrrole nitrogens is 1. The topological polar surface area (TPSA) is 31.9 Å². The normalized spacial score (nSPS) is 19.0. The average molecular weight is 319 g/mol. The van der Waals surface area contributed by atoms with Crippen LogP contribution in [0.15, 0.2) is 42.5 Å². The van der Waals surface area contributed by atoms with Crippen molar-refractivity contribution in [2.45, 2.75) is 39.2 Å². The monoisotopic (exact) mass is 319 g/mol. The zero-order valence-electron chi connectivity index (χ0n) is 14.5. The molecule has 0 radical (unpaired) electrons. The van der Waals surface area contributed by atoms with Crippen LogP contribution in [-0.2, 0) is 6.54 Å². The summed E-state index contributed by atoms with van der Waals surface area (Å²) in [5.74, 6) is 1.66. The van der Waals surface area contributed by atoms with Gasteiger partial charge >= 0.3 is 0 Å². The average Bonchev–Trinajstić information content (AvgIpc) is 3.03. The van der Waals surface area contributed by atoms with Gasteiger partial charge in [-0.05, 0) is 56.5 Å². The molecule has 1 atom stereocenters. The fourth-order valence-electron chi connectivity index (χ4n) is 3.80. The van der Waals surface area contributed by atoms with Crippen LogP contribution in [0.5, 0.6) is 0 Å². The molecule has 124 valence electrons. The van der Waals surface area contributed by atoms with Gasteiger partial charge in [-0.25, -0.2) is 4.98 Å². The van der Waals surface area contributed by atoms with Crippen molar-refractivity contribution in [3.05, 3.63) is 65.0 Å². The van der Waals surface area contributed by atoms with Crippen molar-refractivity contribution in [1.82, 2.24) is 14.9 Å². The largest absolute Gasteiger partial charge is 0.342 e. The van der Waals surface area contributed by atoms with Crippen LogP contribution in [-0.4, -0.2) is 28.0 Å². The van der Waals surface area contributed by atoms with E-state index >= 15 is 0 Å². The summed E-state index contributed by atoms with van der Waals surface area (Å²) >= 11 is 0. The minimum Gasteiger partial charge on any atom is -0.342 e. The van der Waals surface area contributed by atoms with Crippen LogP contribution in [0.2, 0.25) is 0 Å². The number of hydrogen-bond acceptors (Lipinski definition) is 2. The number of aromatic amines is 1. The molecule has 1 fully saturated rings. The Labute approximate surface area is 143 Å². The molecule has 4 rings (SSSR count). The van der Waals surface area contributed by atoms with E-state index in [1.807, 2.05) is 0 Å². The van der Waals surface area contributed by atoms with E-state index < -0.39 is 0 Å². The number of imidazole rings is 1. The predicted octanol–water partition coefficient (Wildman–Crippen LogP) is 4.56. The standard InChI is InChI=1S/C21H25N3/c1-15-9-10-16(2)18(12-15)14-24-11-5-6-17(13-24)21-22-19-7-3-4-8-20(19)23-21/h3-4,7-10,12,17H,5-6,11,13-14H2,1-2H3,(H,22,23). The number of nitrogens with zero attached hydrogens (tertiary/aromatic N) is 2. The molecule has 1 aliphatic rings. The number of likely N-dealkylation sites (tertiary alicyclic amines) is 1. The lowest BCUT2D eigenvalue weighted by Gasteiger charge is -2.32. The Balaban J connectivity index is 1.52. The van der Waals surface area contributed by atoms with E-state index in [0.29, 0.717) is 5.92 Å². The highest BCUT2D eigenvalue weighted by molar-refractivity contribution is 5.74. The van der Waals surface area contributed by atoms with Crippen molar-refractivity contribution in [3.8, 4) is 0 Å². The molecule has 2 heterocycles. The van der Waals surface area contributed by atoms with Gasteiger partial charge < -0.3 is 4.98 Å². The molecule has 1 saturated heterocycles. The van der Waals surface area contributed by atoms with Gasteiger partial charge in [0, 0.05) is 19.0 Å². The highest BCUT2D eigenvalue weighted by Gasteiger charge is 2.24. The second kappa shape index (κ2) is 6.40. The predicted molar refractivity (Wildman–Crippen MR) is 99.3 cm³/mol.